The molecule has 1 fully saturated rings. The molecule has 1 aromatic heterocycles. The van der Waals surface area contributed by atoms with Crippen molar-refractivity contribution in [2.75, 3.05) is 11.9 Å². The Bertz CT molecular complexity index is 1050. The zero-order chi connectivity index (χ0) is 20.4. The number of nitrogens with zero attached hydrogens (tertiary/aromatic N) is 2. The topological polar surface area (TPSA) is 75.4 Å². The van der Waals surface area contributed by atoms with Crippen molar-refractivity contribution in [2.45, 2.75) is 25.8 Å². The average Bonchev–Trinajstić information content (AvgIpc) is 3.37. The van der Waals surface area contributed by atoms with Gasteiger partial charge in [0.25, 0.3) is 5.91 Å². The molecule has 6 nitrogen and oxygen atoms in total. The SMILES string of the molecule is Cc1ncoc1C(=O)N1CCC[C@@H]1C(=O)Nc1cccc(-c2ccc(F)cc2)c1. The first-order valence-electron chi connectivity index (χ1n) is 9.41. The van der Waals surface area contributed by atoms with Crippen molar-refractivity contribution in [3.63, 3.8) is 0 Å². The summed E-state index contributed by atoms with van der Waals surface area (Å²) in [6.07, 6.45) is 2.56. The van der Waals surface area contributed by atoms with Crippen LogP contribution in [0.15, 0.2) is 59.3 Å². The summed E-state index contributed by atoms with van der Waals surface area (Å²) in [7, 11) is 0. The number of hydrogen-bond acceptors (Lipinski definition) is 4. The van der Waals surface area contributed by atoms with Crippen LogP contribution in [0.5, 0.6) is 0 Å². The van der Waals surface area contributed by atoms with E-state index in [0.29, 0.717) is 24.3 Å². The molecule has 0 radical (unpaired) electrons. The van der Waals surface area contributed by atoms with Gasteiger partial charge in [-0.15, -0.1) is 0 Å². The molecule has 0 bridgehead atoms. The maximum absolute atomic E-state index is 13.2. The van der Waals surface area contributed by atoms with Crippen LogP contribution in [0, 0.1) is 12.7 Å². The smallest absolute Gasteiger partial charge is 0.292 e. The van der Waals surface area contributed by atoms with Crippen molar-refractivity contribution in [3.05, 3.63) is 72.2 Å². The van der Waals surface area contributed by atoms with Crippen LogP contribution < -0.4 is 5.32 Å². The number of aryl methyl sites for hydroxylation is 1. The lowest BCUT2D eigenvalue weighted by molar-refractivity contribution is -0.119. The highest BCUT2D eigenvalue weighted by atomic mass is 19.1. The Kier molecular flexibility index (Phi) is 5.12. The summed E-state index contributed by atoms with van der Waals surface area (Å²) >= 11 is 0. The molecule has 1 atom stereocenters. The first-order valence-corrected chi connectivity index (χ1v) is 9.41. The lowest BCUT2D eigenvalue weighted by Crippen LogP contribution is -2.43. The van der Waals surface area contributed by atoms with Crippen molar-refractivity contribution >= 4 is 17.5 Å². The van der Waals surface area contributed by atoms with E-state index in [0.717, 1.165) is 17.5 Å². The lowest BCUT2D eigenvalue weighted by Gasteiger charge is -2.23. The average molecular weight is 393 g/mol. The van der Waals surface area contributed by atoms with Crippen LogP contribution in [-0.4, -0.2) is 34.3 Å². The molecule has 3 aromatic rings. The molecular weight excluding hydrogens is 373 g/mol. The monoisotopic (exact) mass is 393 g/mol. The molecule has 2 amide bonds. The van der Waals surface area contributed by atoms with Crippen molar-refractivity contribution < 1.29 is 18.4 Å². The zero-order valence-electron chi connectivity index (χ0n) is 15.9. The van der Waals surface area contributed by atoms with Gasteiger partial charge in [0.2, 0.25) is 11.7 Å². The van der Waals surface area contributed by atoms with Gasteiger partial charge in [0.1, 0.15) is 11.9 Å². The summed E-state index contributed by atoms with van der Waals surface area (Å²) in [6, 6.07) is 12.9. The maximum Gasteiger partial charge on any atom is 0.292 e. The van der Waals surface area contributed by atoms with Gasteiger partial charge >= 0.3 is 0 Å². The lowest BCUT2D eigenvalue weighted by atomic mass is 10.0. The summed E-state index contributed by atoms with van der Waals surface area (Å²) in [4.78, 5) is 31.1. The van der Waals surface area contributed by atoms with Crippen molar-refractivity contribution in [1.29, 1.82) is 0 Å². The van der Waals surface area contributed by atoms with E-state index in [1.807, 2.05) is 18.2 Å². The fraction of sp³-hybridized carbons (Fsp3) is 0.227. The quantitative estimate of drug-likeness (QED) is 0.726. The number of amides is 2. The van der Waals surface area contributed by atoms with Gasteiger partial charge in [-0.2, -0.15) is 0 Å². The van der Waals surface area contributed by atoms with Gasteiger partial charge in [0, 0.05) is 12.2 Å². The minimum atomic E-state index is -0.568. The third-order valence-corrected chi connectivity index (χ3v) is 5.06. The first-order chi connectivity index (χ1) is 14.0. The van der Waals surface area contributed by atoms with E-state index in [4.69, 9.17) is 4.42 Å². The molecule has 29 heavy (non-hydrogen) atoms. The molecule has 1 saturated heterocycles. The van der Waals surface area contributed by atoms with E-state index >= 15 is 0 Å². The van der Waals surface area contributed by atoms with Gasteiger partial charge < -0.3 is 14.6 Å². The standard InChI is InChI=1S/C22H20FN3O3/c1-14-20(29-13-24-14)22(28)26-11-3-6-19(26)21(27)25-18-5-2-4-16(12-18)15-7-9-17(23)10-8-15/h2,4-5,7-10,12-13,19H,3,6,11H2,1H3,(H,25,27)/t19-/m1/s1. The Hall–Kier alpha value is -3.48. The molecule has 0 aliphatic carbocycles. The van der Waals surface area contributed by atoms with Crippen LogP contribution in [0.1, 0.15) is 29.1 Å². The van der Waals surface area contributed by atoms with E-state index in [1.165, 1.54) is 23.4 Å². The summed E-state index contributed by atoms with van der Waals surface area (Å²) < 4.78 is 18.4. The number of aromatic nitrogens is 1. The predicted octanol–water partition coefficient (Wildman–Crippen LogP) is 4.03. The third-order valence-electron chi connectivity index (χ3n) is 5.06. The molecule has 4 rings (SSSR count). The molecule has 1 aliphatic rings. The molecule has 7 heteroatoms. The highest BCUT2D eigenvalue weighted by molar-refractivity contribution is 6.01. The number of halogens is 1. The highest BCUT2D eigenvalue weighted by Crippen LogP contribution is 2.25. The van der Waals surface area contributed by atoms with Gasteiger partial charge in [0.15, 0.2) is 6.39 Å². The molecule has 1 aliphatic heterocycles. The molecule has 148 valence electrons. The minimum Gasteiger partial charge on any atom is -0.438 e. The predicted molar refractivity (Wildman–Crippen MR) is 106 cm³/mol. The van der Waals surface area contributed by atoms with Crippen LogP contribution in [0.25, 0.3) is 11.1 Å². The number of anilines is 1. The number of oxazole rings is 1. The van der Waals surface area contributed by atoms with Crippen molar-refractivity contribution in [1.82, 2.24) is 9.88 Å². The number of hydrogen-bond donors (Lipinski definition) is 1. The number of rotatable bonds is 4. The molecule has 0 saturated carbocycles. The zero-order valence-corrected chi connectivity index (χ0v) is 15.9. The van der Waals surface area contributed by atoms with Gasteiger partial charge in [-0.1, -0.05) is 24.3 Å². The van der Waals surface area contributed by atoms with Crippen LogP contribution in [-0.2, 0) is 4.79 Å². The van der Waals surface area contributed by atoms with Crippen LogP contribution in [0.4, 0.5) is 10.1 Å². The molecule has 1 N–H and O–H groups in total. The van der Waals surface area contributed by atoms with Crippen molar-refractivity contribution in [3.8, 4) is 11.1 Å². The number of carbonyl (C=O) groups is 2. The Balaban J connectivity index is 1.50. The summed E-state index contributed by atoms with van der Waals surface area (Å²) in [5.41, 5.74) is 2.83. The van der Waals surface area contributed by atoms with Gasteiger partial charge in [-0.3, -0.25) is 9.59 Å². The van der Waals surface area contributed by atoms with Crippen LogP contribution in [0.2, 0.25) is 0 Å². The Morgan fingerprint density at radius 1 is 1.17 bits per heavy atom. The normalized spacial score (nSPS) is 16.1. The number of likely N-dealkylation sites (tertiary alicyclic amines) is 1. The second-order valence-electron chi connectivity index (χ2n) is 7.00. The van der Waals surface area contributed by atoms with E-state index in [9.17, 15) is 14.0 Å². The maximum atomic E-state index is 13.2. The minimum absolute atomic E-state index is 0.169. The Labute approximate surface area is 167 Å². The first kappa shape index (κ1) is 18.9. The fourth-order valence-corrected chi connectivity index (χ4v) is 3.56. The molecule has 2 heterocycles. The Morgan fingerprint density at radius 3 is 2.69 bits per heavy atom. The van der Waals surface area contributed by atoms with Gasteiger partial charge in [-0.25, -0.2) is 9.37 Å². The van der Waals surface area contributed by atoms with Crippen LogP contribution in [0.3, 0.4) is 0 Å². The summed E-state index contributed by atoms with van der Waals surface area (Å²) in [6.45, 7) is 2.19. The number of nitrogens with one attached hydrogen (secondary N) is 1. The number of carbonyl (C=O) groups excluding carboxylic acids is 2. The van der Waals surface area contributed by atoms with Crippen molar-refractivity contribution in [2.24, 2.45) is 0 Å². The molecule has 0 spiro atoms. The summed E-state index contributed by atoms with van der Waals surface area (Å²) in [5.74, 6) is -0.698. The van der Waals surface area contributed by atoms with E-state index in [1.54, 1.807) is 25.1 Å². The fourth-order valence-electron chi connectivity index (χ4n) is 3.56. The number of benzene rings is 2. The summed E-state index contributed by atoms with van der Waals surface area (Å²) in [5, 5.41) is 2.90. The molecular formula is C22H20FN3O3. The largest absolute Gasteiger partial charge is 0.438 e. The van der Waals surface area contributed by atoms with Gasteiger partial charge in [0.05, 0.1) is 5.69 Å². The second-order valence-corrected chi connectivity index (χ2v) is 7.00. The molecule has 2 aromatic carbocycles. The van der Waals surface area contributed by atoms with Gasteiger partial charge in [-0.05, 0) is 55.2 Å². The molecule has 0 unspecified atom stereocenters. The van der Waals surface area contributed by atoms with E-state index in [-0.39, 0.29) is 23.4 Å². The highest BCUT2D eigenvalue weighted by Gasteiger charge is 2.36. The third kappa shape index (κ3) is 3.89. The Morgan fingerprint density at radius 2 is 1.97 bits per heavy atom. The van der Waals surface area contributed by atoms with E-state index < -0.39 is 6.04 Å². The second kappa shape index (κ2) is 7.87. The van der Waals surface area contributed by atoms with Crippen LogP contribution >= 0.6 is 0 Å². The van der Waals surface area contributed by atoms with E-state index in [2.05, 4.69) is 10.3 Å².